The molecular formula is C22H23FO4S2. The van der Waals surface area contributed by atoms with E-state index >= 15 is 0 Å². The Balaban J connectivity index is 1.44. The van der Waals surface area contributed by atoms with E-state index < -0.39 is 0 Å². The second-order valence-electron chi connectivity index (χ2n) is 6.79. The molecule has 3 rings (SSSR count). The predicted molar refractivity (Wildman–Crippen MR) is 118 cm³/mol. The van der Waals surface area contributed by atoms with Gasteiger partial charge in [0.15, 0.2) is 5.75 Å². The van der Waals surface area contributed by atoms with E-state index in [1.54, 1.807) is 18.2 Å². The molecule has 29 heavy (non-hydrogen) atoms. The van der Waals surface area contributed by atoms with Gasteiger partial charge in [-0.1, -0.05) is 52.3 Å². The van der Waals surface area contributed by atoms with Gasteiger partial charge in [0.05, 0.1) is 0 Å². The molecule has 0 amide bonds. The third kappa shape index (κ3) is 7.33. The van der Waals surface area contributed by atoms with Crippen LogP contribution in [0.2, 0.25) is 0 Å². The highest BCUT2D eigenvalue weighted by molar-refractivity contribution is 8.77. The normalized spacial score (nSPS) is 16.2. The Kier molecular flexibility index (Phi) is 8.31. The summed E-state index contributed by atoms with van der Waals surface area (Å²) < 4.78 is 17.7. The Bertz CT molecular complexity index is 833. The van der Waals surface area contributed by atoms with Crippen molar-refractivity contribution in [2.75, 3.05) is 5.75 Å². The molecule has 1 atom stereocenters. The van der Waals surface area contributed by atoms with Gasteiger partial charge in [0.25, 0.3) is 0 Å². The Labute approximate surface area is 177 Å². The van der Waals surface area contributed by atoms with Crippen LogP contribution in [0.4, 0.5) is 4.53 Å². The van der Waals surface area contributed by atoms with Crippen LogP contribution in [0.15, 0.2) is 42.5 Å². The first-order valence-corrected chi connectivity index (χ1v) is 11.9. The Hall–Kier alpha value is -2.12. The lowest BCUT2D eigenvalue weighted by atomic mass is 10.1. The molecule has 1 heterocycles. The largest absolute Gasteiger partial charge is 0.508 e. The van der Waals surface area contributed by atoms with Gasteiger partial charge < -0.3 is 9.84 Å². The number of hydrogen-bond donors (Lipinski definition) is 1. The van der Waals surface area contributed by atoms with Crippen LogP contribution in [0.25, 0.3) is 12.2 Å². The minimum Gasteiger partial charge on any atom is -0.508 e. The van der Waals surface area contributed by atoms with Gasteiger partial charge in [-0.15, -0.1) is 0 Å². The minimum absolute atomic E-state index is 0.0622. The molecule has 1 unspecified atom stereocenters. The molecule has 0 aliphatic carbocycles. The first-order chi connectivity index (χ1) is 14.1. The van der Waals surface area contributed by atoms with Crippen LogP contribution in [0.1, 0.15) is 43.2 Å². The highest BCUT2D eigenvalue weighted by Gasteiger charge is 2.16. The van der Waals surface area contributed by atoms with Gasteiger partial charge in [-0.05, 0) is 54.7 Å². The maximum Gasteiger partial charge on any atom is 0.311 e. The predicted octanol–water partition coefficient (Wildman–Crippen LogP) is 6.45. The SMILES string of the molecule is O=C(CCCCC1CCSS1)Oc1ccc(/C=C/c2cc(O)cc(OF)c2)cc1. The van der Waals surface area contributed by atoms with E-state index in [2.05, 4.69) is 4.94 Å². The number of carbonyl (C=O) groups is 1. The molecule has 1 saturated heterocycles. The molecule has 1 aliphatic rings. The van der Waals surface area contributed by atoms with Gasteiger partial charge in [-0.25, -0.2) is 0 Å². The van der Waals surface area contributed by atoms with E-state index in [4.69, 9.17) is 4.74 Å². The number of hydrogen-bond acceptors (Lipinski definition) is 6. The van der Waals surface area contributed by atoms with Crippen molar-refractivity contribution in [2.45, 2.75) is 37.4 Å². The molecule has 0 spiro atoms. The topological polar surface area (TPSA) is 55.8 Å². The van der Waals surface area contributed by atoms with Gasteiger partial charge in [0.1, 0.15) is 11.5 Å². The number of esters is 1. The fourth-order valence-corrected chi connectivity index (χ4v) is 6.00. The van der Waals surface area contributed by atoms with Gasteiger partial charge in [-0.3, -0.25) is 9.74 Å². The summed E-state index contributed by atoms with van der Waals surface area (Å²) in [7, 11) is 3.91. The number of unbranched alkanes of at least 4 members (excludes halogenated alkanes) is 1. The molecule has 2 aromatic rings. The van der Waals surface area contributed by atoms with E-state index in [-0.39, 0.29) is 17.5 Å². The average Bonchev–Trinajstić information content (AvgIpc) is 3.24. The summed E-state index contributed by atoms with van der Waals surface area (Å²) in [6.45, 7) is 0. The van der Waals surface area contributed by atoms with E-state index in [1.807, 2.05) is 39.8 Å². The third-order valence-corrected chi connectivity index (χ3v) is 7.47. The van der Waals surface area contributed by atoms with Gasteiger partial charge in [0.2, 0.25) is 0 Å². The van der Waals surface area contributed by atoms with Crippen LogP contribution in [0, 0.1) is 0 Å². The lowest BCUT2D eigenvalue weighted by Crippen LogP contribution is -2.08. The number of rotatable bonds is 9. The monoisotopic (exact) mass is 434 g/mol. The first-order valence-electron chi connectivity index (χ1n) is 9.52. The highest BCUT2D eigenvalue weighted by atomic mass is 33.1. The molecule has 2 aromatic carbocycles. The van der Waals surface area contributed by atoms with Crippen LogP contribution in [0.3, 0.4) is 0 Å². The fraction of sp³-hybridized carbons (Fsp3) is 0.318. The summed E-state index contributed by atoms with van der Waals surface area (Å²) in [5.41, 5.74) is 1.48. The molecular weight excluding hydrogens is 411 g/mol. The third-order valence-electron chi connectivity index (χ3n) is 4.47. The number of phenols is 1. The van der Waals surface area contributed by atoms with Crippen molar-refractivity contribution < 1.29 is 24.1 Å². The van der Waals surface area contributed by atoms with E-state index in [0.717, 1.165) is 23.7 Å². The minimum atomic E-state index is -0.208. The van der Waals surface area contributed by atoms with Crippen LogP contribution >= 0.6 is 21.6 Å². The maximum absolute atomic E-state index is 12.3. The lowest BCUT2D eigenvalue weighted by molar-refractivity contribution is -0.134. The molecule has 1 N–H and O–H groups in total. The maximum atomic E-state index is 12.3. The number of phenolic OH excluding ortho intramolecular Hbond substituents is 1. The second-order valence-corrected chi connectivity index (χ2v) is 9.58. The zero-order valence-electron chi connectivity index (χ0n) is 15.9. The summed E-state index contributed by atoms with van der Waals surface area (Å²) in [5, 5.41) is 10.3. The number of halogens is 1. The summed E-state index contributed by atoms with van der Waals surface area (Å²) in [5.74, 6) is 1.40. The number of ether oxygens (including phenoxy) is 1. The summed E-state index contributed by atoms with van der Waals surface area (Å²) in [6, 6.07) is 11.3. The van der Waals surface area contributed by atoms with Crippen molar-refractivity contribution in [3.63, 3.8) is 0 Å². The molecule has 4 nitrogen and oxygen atoms in total. The van der Waals surface area contributed by atoms with Crippen LogP contribution < -0.4 is 9.68 Å². The van der Waals surface area contributed by atoms with Gasteiger partial charge >= 0.3 is 5.97 Å². The van der Waals surface area contributed by atoms with Gasteiger partial charge in [-0.2, -0.15) is 0 Å². The number of aromatic hydroxyl groups is 1. The Morgan fingerprint density at radius 3 is 2.62 bits per heavy atom. The molecule has 1 fully saturated rings. The summed E-state index contributed by atoms with van der Waals surface area (Å²) >= 11 is 0. The second kappa shape index (κ2) is 11.2. The van der Waals surface area contributed by atoms with Crippen molar-refractivity contribution in [2.24, 2.45) is 0 Å². The van der Waals surface area contributed by atoms with Crippen molar-refractivity contribution in [3.8, 4) is 17.2 Å². The lowest BCUT2D eigenvalue weighted by Gasteiger charge is -2.07. The van der Waals surface area contributed by atoms with Crippen LogP contribution in [0.5, 0.6) is 17.2 Å². The van der Waals surface area contributed by atoms with Crippen molar-refractivity contribution in [1.29, 1.82) is 0 Å². The smallest absolute Gasteiger partial charge is 0.311 e. The zero-order valence-corrected chi connectivity index (χ0v) is 17.5. The van der Waals surface area contributed by atoms with E-state index in [1.165, 1.54) is 36.8 Å². The van der Waals surface area contributed by atoms with E-state index in [9.17, 15) is 14.4 Å². The summed E-state index contributed by atoms with van der Waals surface area (Å²) in [4.78, 5) is 15.6. The Morgan fingerprint density at radius 1 is 1.10 bits per heavy atom. The van der Waals surface area contributed by atoms with Crippen LogP contribution in [-0.4, -0.2) is 22.1 Å². The fourth-order valence-electron chi connectivity index (χ4n) is 2.97. The molecule has 0 aromatic heterocycles. The molecule has 154 valence electrons. The molecule has 0 saturated carbocycles. The first kappa shape index (κ1) is 21.6. The molecule has 1 aliphatic heterocycles. The van der Waals surface area contributed by atoms with Crippen molar-refractivity contribution in [3.05, 3.63) is 53.6 Å². The molecule has 0 bridgehead atoms. The van der Waals surface area contributed by atoms with Crippen LogP contribution in [-0.2, 0) is 4.79 Å². The Morgan fingerprint density at radius 2 is 1.90 bits per heavy atom. The van der Waals surface area contributed by atoms with E-state index in [0.29, 0.717) is 17.7 Å². The van der Waals surface area contributed by atoms with Gasteiger partial charge in [0, 0.05) is 28.0 Å². The number of benzene rings is 2. The molecule has 0 radical (unpaired) electrons. The average molecular weight is 435 g/mol. The van der Waals surface area contributed by atoms with Crippen molar-refractivity contribution in [1.82, 2.24) is 0 Å². The van der Waals surface area contributed by atoms with Crippen molar-refractivity contribution >= 4 is 39.7 Å². The number of carbonyl (C=O) groups excluding carboxylic acids is 1. The molecule has 7 heteroatoms. The summed E-state index contributed by atoms with van der Waals surface area (Å²) in [6.07, 6.45) is 8.33. The zero-order chi connectivity index (χ0) is 20.5. The standard InChI is InChI=1S/C22H23FO4S2/c23-27-20-14-17(13-18(24)15-20)6-5-16-7-9-19(10-8-16)26-22(25)4-2-1-3-21-11-12-28-29-21/h5-10,13-15,21,24H,1-4,11-12H2/b6-5+. The highest BCUT2D eigenvalue weighted by Crippen LogP contribution is 2.39. The quantitative estimate of drug-likeness (QED) is 0.161.